The molecule has 1 aromatic rings. The highest BCUT2D eigenvalue weighted by Crippen LogP contribution is 2.19. The Balaban J connectivity index is 1.96. The lowest BCUT2D eigenvalue weighted by atomic mass is 10.1. The maximum atomic E-state index is 11.8. The Bertz CT molecular complexity index is 574. The van der Waals surface area contributed by atoms with E-state index < -0.39 is 19.9 Å². The molecule has 0 spiro atoms. The van der Waals surface area contributed by atoms with Crippen LogP contribution in [-0.2, 0) is 19.9 Å². The van der Waals surface area contributed by atoms with E-state index in [4.69, 9.17) is 0 Å². The zero-order valence-electron chi connectivity index (χ0n) is 9.00. The third-order valence-corrected chi connectivity index (χ3v) is 7.31. The van der Waals surface area contributed by atoms with E-state index in [2.05, 4.69) is 4.72 Å². The second kappa shape index (κ2) is 4.68. The van der Waals surface area contributed by atoms with Crippen LogP contribution in [0.3, 0.4) is 0 Å². The summed E-state index contributed by atoms with van der Waals surface area (Å²) in [5.74, 6) is 0.146. The third kappa shape index (κ3) is 3.27. The van der Waals surface area contributed by atoms with Crippen LogP contribution in [0.1, 0.15) is 6.42 Å². The van der Waals surface area contributed by atoms with Gasteiger partial charge in [-0.25, -0.2) is 21.6 Å². The van der Waals surface area contributed by atoms with Gasteiger partial charge in [0.15, 0.2) is 9.84 Å². The molecule has 0 bridgehead atoms. The van der Waals surface area contributed by atoms with E-state index in [1.165, 1.54) is 6.07 Å². The first kappa shape index (κ1) is 13.0. The van der Waals surface area contributed by atoms with Crippen molar-refractivity contribution in [2.24, 2.45) is 5.92 Å². The molecule has 8 heteroatoms. The lowest BCUT2D eigenvalue weighted by Crippen LogP contribution is -2.29. The first-order chi connectivity index (χ1) is 7.89. The summed E-state index contributed by atoms with van der Waals surface area (Å²) < 4.78 is 48.7. The fraction of sp³-hybridized carbons (Fsp3) is 0.556. The number of sulfonamides is 1. The van der Waals surface area contributed by atoms with Crippen molar-refractivity contribution >= 4 is 31.2 Å². The number of thiophene rings is 1. The van der Waals surface area contributed by atoms with E-state index in [9.17, 15) is 16.8 Å². The van der Waals surface area contributed by atoms with E-state index in [1.807, 2.05) is 0 Å². The zero-order chi connectivity index (χ0) is 12.5. The second-order valence-corrected chi connectivity index (χ2v) is 9.22. The predicted octanol–water partition coefficient (Wildman–Crippen LogP) is 0.461. The molecule has 2 heterocycles. The van der Waals surface area contributed by atoms with Gasteiger partial charge >= 0.3 is 0 Å². The van der Waals surface area contributed by atoms with Crippen LogP contribution in [0.5, 0.6) is 0 Å². The van der Waals surface area contributed by atoms with Crippen LogP contribution in [0.2, 0.25) is 0 Å². The van der Waals surface area contributed by atoms with Crippen molar-refractivity contribution in [1.82, 2.24) is 4.72 Å². The van der Waals surface area contributed by atoms with Gasteiger partial charge in [-0.3, -0.25) is 0 Å². The minimum Gasteiger partial charge on any atom is -0.229 e. The molecule has 1 aliphatic rings. The van der Waals surface area contributed by atoms with Gasteiger partial charge in [-0.2, -0.15) is 0 Å². The Morgan fingerprint density at radius 3 is 2.76 bits per heavy atom. The van der Waals surface area contributed by atoms with E-state index in [1.54, 1.807) is 11.4 Å². The van der Waals surface area contributed by atoms with E-state index >= 15 is 0 Å². The van der Waals surface area contributed by atoms with Crippen LogP contribution in [0.25, 0.3) is 0 Å². The summed E-state index contributed by atoms with van der Waals surface area (Å²) in [6.45, 7) is 0.194. The fourth-order valence-corrected chi connectivity index (χ4v) is 5.76. The molecular weight excluding hydrogens is 282 g/mol. The molecule has 1 fully saturated rings. The molecule has 17 heavy (non-hydrogen) atoms. The molecule has 5 nitrogen and oxygen atoms in total. The first-order valence-electron chi connectivity index (χ1n) is 5.13. The van der Waals surface area contributed by atoms with Gasteiger partial charge in [0.25, 0.3) is 0 Å². The van der Waals surface area contributed by atoms with E-state index in [0.29, 0.717) is 6.42 Å². The maximum Gasteiger partial charge on any atom is 0.250 e. The Hall–Kier alpha value is -0.440. The number of nitrogens with one attached hydrogen (secondary N) is 1. The number of hydrogen-bond acceptors (Lipinski definition) is 5. The van der Waals surface area contributed by atoms with Gasteiger partial charge in [0.05, 0.1) is 11.5 Å². The van der Waals surface area contributed by atoms with Crippen LogP contribution < -0.4 is 4.72 Å². The highest BCUT2D eigenvalue weighted by atomic mass is 32.2. The Kier molecular flexibility index (Phi) is 3.58. The Labute approximate surface area is 105 Å². The molecule has 0 amide bonds. The molecule has 96 valence electrons. The molecule has 1 unspecified atom stereocenters. The second-order valence-electron chi connectivity index (χ2n) is 4.05. The van der Waals surface area contributed by atoms with Crippen molar-refractivity contribution < 1.29 is 16.8 Å². The number of hydrogen-bond donors (Lipinski definition) is 1. The normalized spacial score (nSPS) is 23.9. The monoisotopic (exact) mass is 295 g/mol. The summed E-state index contributed by atoms with van der Waals surface area (Å²) in [6.07, 6.45) is 0.537. The molecule has 0 saturated carbocycles. The van der Waals surface area contributed by atoms with Crippen LogP contribution in [0.4, 0.5) is 0 Å². The van der Waals surface area contributed by atoms with Gasteiger partial charge in [-0.15, -0.1) is 11.3 Å². The van der Waals surface area contributed by atoms with E-state index in [-0.39, 0.29) is 28.2 Å². The van der Waals surface area contributed by atoms with Crippen molar-refractivity contribution in [3.05, 3.63) is 17.5 Å². The quantitative estimate of drug-likeness (QED) is 0.875. The molecule has 2 rings (SSSR count). The molecule has 1 saturated heterocycles. The molecule has 0 aliphatic carbocycles. The first-order valence-corrected chi connectivity index (χ1v) is 9.31. The molecule has 0 aromatic carbocycles. The van der Waals surface area contributed by atoms with Crippen molar-refractivity contribution in [2.45, 2.75) is 10.6 Å². The third-order valence-electron chi connectivity index (χ3n) is 2.65. The largest absolute Gasteiger partial charge is 0.250 e. The summed E-state index contributed by atoms with van der Waals surface area (Å²) in [7, 11) is -6.42. The van der Waals surface area contributed by atoms with Crippen LogP contribution in [0.15, 0.2) is 21.7 Å². The summed E-state index contributed by atoms with van der Waals surface area (Å²) in [5, 5.41) is 1.69. The van der Waals surface area contributed by atoms with E-state index in [0.717, 1.165) is 11.3 Å². The summed E-state index contributed by atoms with van der Waals surface area (Å²) in [4.78, 5) is 0. The Morgan fingerprint density at radius 2 is 2.24 bits per heavy atom. The van der Waals surface area contributed by atoms with Crippen molar-refractivity contribution in [1.29, 1.82) is 0 Å². The van der Waals surface area contributed by atoms with Gasteiger partial charge in [0, 0.05) is 6.54 Å². The molecule has 0 radical (unpaired) electrons. The van der Waals surface area contributed by atoms with Crippen molar-refractivity contribution in [2.75, 3.05) is 18.1 Å². The fourth-order valence-electron chi connectivity index (χ4n) is 1.75. The lowest BCUT2D eigenvalue weighted by molar-refractivity contribution is 0.544. The van der Waals surface area contributed by atoms with Gasteiger partial charge < -0.3 is 0 Å². The standard InChI is InChI=1S/C9H13NO4S3/c11-16(12)5-3-8(7-16)6-10-17(13,14)9-2-1-4-15-9/h1-2,4,8,10H,3,5-7H2. The average Bonchev–Trinajstić information content (AvgIpc) is 2.84. The predicted molar refractivity (Wildman–Crippen MR) is 66.3 cm³/mol. The molecule has 1 N–H and O–H groups in total. The number of sulfone groups is 1. The number of rotatable bonds is 4. The highest BCUT2D eigenvalue weighted by Gasteiger charge is 2.29. The average molecular weight is 295 g/mol. The van der Waals surface area contributed by atoms with Gasteiger partial charge in [-0.05, 0) is 23.8 Å². The van der Waals surface area contributed by atoms with Crippen LogP contribution in [-0.4, -0.2) is 34.9 Å². The molecular formula is C9H13NO4S3. The molecule has 1 aromatic heterocycles. The summed E-state index contributed by atoms with van der Waals surface area (Å²) in [6, 6.07) is 3.19. The van der Waals surface area contributed by atoms with Crippen LogP contribution in [0, 0.1) is 5.92 Å². The van der Waals surface area contributed by atoms with Gasteiger partial charge in [0.1, 0.15) is 4.21 Å². The van der Waals surface area contributed by atoms with Crippen LogP contribution >= 0.6 is 11.3 Å². The van der Waals surface area contributed by atoms with Crippen molar-refractivity contribution in [3.63, 3.8) is 0 Å². The SMILES string of the molecule is O=S1(=O)CCC(CNS(=O)(=O)c2cccs2)C1. The minimum atomic E-state index is -3.47. The zero-order valence-corrected chi connectivity index (χ0v) is 11.4. The minimum absolute atomic E-state index is 0.0833. The summed E-state index contributed by atoms with van der Waals surface area (Å²) >= 11 is 1.14. The highest BCUT2D eigenvalue weighted by molar-refractivity contribution is 7.92. The van der Waals surface area contributed by atoms with Gasteiger partial charge in [0.2, 0.25) is 10.0 Å². The van der Waals surface area contributed by atoms with Gasteiger partial charge in [-0.1, -0.05) is 6.07 Å². The topological polar surface area (TPSA) is 80.3 Å². The molecule has 1 aliphatic heterocycles. The summed E-state index contributed by atoms with van der Waals surface area (Å²) in [5.41, 5.74) is 0. The lowest BCUT2D eigenvalue weighted by Gasteiger charge is -2.08. The van der Waals surface area contributed by atoms with Crippen molar-refractivity contribution in [3.8, 4) is 0 Å². The molecule has 1 atom stereocenters. The maximum absolute atomic E-state index is 11.8. The Morgan fingerprint density at radius 1 is 1.47 bits per heavy atom. The smallest absolute Gasteiger partial charge is 0.229 e.